The van der Waals surface area contributed by atoms with Crippen LogP contribution in [0.1, 0.15) is 23.1 Å². The number of hydrogen-bond donors (Lipinski definition) is 2. The first-order valence-corrected chi connectivity index (χ1v) is 5.50. The number of amides is 1. The molecule has 0 aliphatic carbocycles. The van der Waals surface area contributed by atoms with E-state index in [0.717, 1.165) is 11.8 Å². The molecule has 18 heavy (non-hydrogen) atoms. The van der Waals surface area contributed by atoms with Gasteiger partial charge in [0.15, 0.2) is 6.29 Å². The lowest BCUT2D eigenvalue weighted by molar-refractivity contribution is -0.114. The summed E-state index contributed by atoms with van der Waals surface area (Å²) >= 11 is 0. The van der Waals surface area contributed by atoms with Crippen molar-refractivity contribution in [2.45, 2.75) is 13.8 Å². The highest BCUT2D eigenvalue weighted by atomic mass is 16.1. The molecule has 2 N–H and O–H groups in total. The maximum atomic E-state index is 11.0. The molecule has 1 heterocycles. The standard InChI is InChI=1S/C13H13N3O2/c1-8-12(7-17)16-13(14-8)10-4-3-5-11(6-10)15-9(2)18/h3-7H,1-2H3,(H,14,16)(H,15,18). The Kier molecular flexibility index (Phi) is 3.23. The normalized spacial score (nSPS) is 10.1. The molecule has 0 aliphatic heterocycles. The van der Waals surface area contributed by atoms with Crippen molar-refractivity contribution >= 4 is 17.9 Å². The summed E-state index contributed by atoms with van der Waals surface area (Å²) < 4.78 is 0. The highest BCUT2D eigenvalue weighted by molar-refractivity contribution is 5.89. The Bertz CT molecular complexity index is 602. The van der Waals surface area contributed by atoms with E-state index < -0.39 is 0 Å². The Hall–Kier alpha value is -2.43. The summed E-state index contributed by atoms with van der Waals surface area (Å²) in [6.07, 6.45) is 0.740. The lowest BCUT2D eigenvalue weighted by Gasteiger charge is -2.03. The van der Waals surface area contributed by atoms with Gasteiger partial charge in [-0.25, -0.2) is 4.98 Å². The molecule has 5 heteroatoms. The highest BCUT2D eigenvalue weighted by Gasteiger charge is 2.08. The van der Waals surface area contributed by atoms with E-state index in [1.165, 1.54) is 6.92 Å². The number of carbonyl (C=O) groups is 2. The summed E-state index contributed by atoms with van der Waals surface area (Å²) in [5.41, 5.74) is 2.64. The van der Waals surface area contributed by atoms with Crippen LogP contribution in [0.25, 0.3) is 11.4 Å². The molecule has 0 fully saturated rings. The molecule has 0 radical (unpaired) electrons. The summed E-state index contributed by atoms with van der Waals surface area (Å²) in [7, 11) is 0. The Morgan fingerprint density at radius 1 is 1.44 bits per heavy atom. The molecule has 0 saturated heterocycles. The van der Waals surface area contributed by atoms with Gasteiger partial charge in [0, 0.05) is 18.2 Å². The van der Waals surface area contributed by atoms with Gasteiger partial charge in [0.25, 0.3) is 0 Å². The Morgan fingerprint density at radius 3 is 2.83 bits per heavy atom. The molecule has 1 aromatic heterocycles. The number of aryl methyl sites for hydroxylation is 1. The monoisotopic (exact) mass is 243 g/mol. The molecule has 0 spiro atoms. The fourth-order valence-electron chi connectivity index (χ4n) is 1.67. The first-order chi connectivity index (χ1) is 8.60. The maximum absolute atomic E-state index is 11.0. The predicted molar refractivity (Wildman–Crippen MR) is 68.5 cm³/mol. The van der Waals surface area contributed by atoms with Crippen molar-refractivity contribution in [2.75, 3.05) is 5.32 Å². The number of anilines is 1. The number of carbonyl (C=O) groups excluding carboxylic acids is 2. The first kappa shape index (κ1) is 12.0. The minimum atomic E-state index is -0.128. The molecule has 2 aromatic rings. The van der Waals surface area contributed by atoms with Crippen LogP contribution in [-0.4, -0.2) is 22.2 Å². The molecule has 0 atom stereocenters. The smallest absolute Gasteiger partial charge is 0.221 e. The zero-order chi connectivity index (χ0) is 13.1. The number of hydrogen-bond acceptors (Lipinski definition) is 3. The van der Waals surface area contributed by atoms with Crippen LogP contribution in [0.4, 0.5) is 5.69 Å². The number of aromatic nitrogens is 2. The third-order valence-electron chi connectivity index (χ3n) is 2.50. The maximum Gasteiger partial charge on any atom is 0.221 e. The van der Waals surface area contributed by atoms with Gasteiger partial charge in [-0.05, 0) is 19.1 Å². The van der Waals surface area contributed by atoms with E-state index in [-0.39, 0.29) is 5.91 Å². The quantitative estimate of drug-likeness (QED) is 0.811. The lowest BCUT2D eigenvalue weighted by atomic mass is 10.2. The van der Waals surface area contributed by atoms with Crippen molar-refractivity contribution in [3.05, 3.63) is 35.7 Å². The van der Waals surface area contributed by atoms with Crippen LogP contribution in [0, 0.1) is 6.92 Å². The highest BCUT2D eigenvalue weighted by Crippen LogP contribution is 2.21. The second-order valence-electron chi connectivity index (χ2n) is 3.96. The summed E-state index contributed by atoms with van der Waals surface area (Å²) in [5.74, 6) is 0.484. The van der Waals surface area contributed by atoms with Gasteiger partial charge in [0.2, 0.25) is 5.91 Å². The number of aldehydes is 1. The number of rotatable bonds is 3. The molecule has 0 aliphatic rings. The van der Waals surface area contributed by atoms with Gasteiger partial charge in [-0.2, -0.15) is 0 Å². The van der Waals surface area contributed by atoms with Gasteiger partial charge in [-0.15, -0.1) is 0 Å². The van der Waals surface area contributed by atoms with Crippen LogP contribution in [0.5, 0.6) is 0 Å². The van der Waals surface area contributed by atoms with Crippen LogP contribution < -0.4 is 5.32 Å². The molecule has 2 rings (SSSR count). The van der Waals surface area contributed by atoms with Gasteiger partial charge in [-0.1, -0.05) is 12.1 Å². The zero-order valence-corrected chi connectivity index (χ0v) is 10.2. The van der Waals surface area contributed by atoms with Crippen LogP contribution in [-0.2, 0) is 4.79 Å². The number of H-pyrrole nitrogens is 1. The number of nitrogens with one attached hydrogen (secondary N) is 2. The molecule has 0 unspecified atom stereocenters. The van der Waals surface area contributed by atoms with E-state index >= 15 is 0 Å². The Labute approximate surface area is 104 Å². The van der Waals surface area contributed by atoms with Gasteiger partial charge in [0.1, 0.15) is 11.5 Å². The van der Waals surface area contributed by atoms with Gasteiger partial charge in [-0.3, -0.25) is 9.59 Å². The number of nitrogens with zero attached hydrogens (tertiary/aromatic N) is 1. The summed E-state index contributed by atoms with van der Waals surface area (Å²) in [6, 6.07) is 7.27. The third-order valence-corrected chi connectivity index (χ3v) is 2.50. The molecule has 1 amide bonds. The first-order valence-electron chi connectivity index (χ1n) is 5.50. The van der Waals surface area contributed by atoms with Crippen molar-refractivity contribution in [1.82, 2.24) is 9.97 Å². The molecular weight excluding hydrogens is 230 g/mol. The molecule has 0 saturated carbocycles. The van der Waals surface area contributed by atoms with Crippen LogP contribution in [0.2, 0.25) is 0 Å². The van der Waals surface area contributed by atoms with Gasteiger partial charge in [0.05, 0.1) is 5.69 Å². The second-order valence-corrected chi connectivity index (χ2v) is 3.96. The third kappa shape index (κ3) is 2.45. The summed E-state index contributed by atoms with van der Waals surface area (Å²) in [5, 5.41) is 2.70. The summed E-state index contributed by atoms with van der Waals surface area (Å²) in [6.45, 7) is 3.22. The van der Waals surface area contributed by atoms with Crippen molar-refractivity contribution in [3.63, 3.8) is 0 Å². The van der Waals surface area contributed by atoms with Crippen LogP contribution >= 0.6 is 0 Å². The lowest BCUT2D eigenvalue weighted by Crippen LogP contribution is -2.05. The van der Waals surface area contributed by atoms with Crippen molar-refractivity contribution in [3.8, 4) is 11.4 Å². The van der Waals surface area contributed by atoms with Crippen molar-refractivity contribution in [2.24, 2.45) is 0 Å². The minimum Gasteiger partial charge on any atom is -0.336 e. The van der Waals surface area contributed by atoms with Crippen LogP contribution in [0.15, 0.2) is 24.3 Å². The largest absolute Gasteiger partial charge is 0.336 e. The number of benzene rings is 1. The van der Waals surface area contributed by atoms with Crippen molar-refractivity contribution in [1.29, 1.82) is 0 Å². The topological polar surface area (TPSA) is 74.8 Å². The number of aromatic amines is 1. The fourth-order valence-corrected chi connectivity index (χ4v) is 1.67. The second kappa shape index (κ2) is 4.83. The van der Waals surface area contributed by atoms with E-state index in [0.29, 0.717) is 22.9 Å². The predicted octanol–water partition coefficient (Wildman–Crippen LogP) is 2.16. The Balaban J connectivity index is 2.37. The molecule has 5 nitrogen and oxygen atoms in total. The number of imidazole rings is 1. The van der Waals surface area contributed by atoms with Gasteiger partial charge < -0.3 is 10.3 Å². The van der Waals surface area contributed by atoms with Crippen molar-refractivity contribution < 1.29 is 9.59 Å². The van der Waals surface area contributed by atoms with Crippen LogP contribution in [0.3, 0.4) is 0 Å². The van der Waals surface area contributed by atoms with E-state index in [1.54, 1.807) is 19.1 Å². The summed E-state index contributed by atoms with van der Waals surface area (Å²) in [4.78, 5) is 28.9. The average Bonchev–Trinajstić information content (AvgIpc) is 2.70. The van der Waals surface area contributed by atoms with E-state index in [1.807, 2.05) is 12.1 Å². The Morgan fingerprint density at radius 2 is 2.22 bits per heavy atom. The molecule has 92 valence electrons. The molecule has 1 aromatic carbocycles. The van der Waals surface area contributed by atoms with Gasteiger partial charge >= 0.3 is 0 Å². The average molecular weight is 243 g/mol. The SMILES string of the molecule is CC(=O)Nc1cccc(-c2nc(C)c(C=O)[nH]2)c1. The fraction of sp³-hybridized carbons (Fsp3) is 0.154. The van der Waals surface area contributed by atoms with E-state index in [9.17, 15) is 9.59 Å². The van der Waals surface area contributed by atoms with E-state index in [4.69, 9.17) is 0 Å². The minimum absolute atomic E-state index is 0.128. The molecular formula is C13H13N3O2. The zero-order valence-electron chi connectivity index (χ0n) is 10.2. The molecule has 0 bridgehead atoms. The van der Waals surface area contributed by atoms with E-state index in [2.05, 4.69) is 15.3 Å².